The van der Waals surface area contributed by atoms with E-state index in [9.17, 15) is 9.59 Å². The molecule has 0 unspecified atom stereocenters. The summed E-state index contributed by atoms with van der Waals surface area (Å²) in [6.07, 6.45) is 5.65. The van der Waals surface area contributed by atoms with Crippen molar-refractivity contribution in [2.45, 2.75) is 32.2 Å². The molecular weight excluding hydrogens is 372 g/mol. The number of amides is 2. The Morgan fingerprint density at radius 2 is 1.86 bits per heavy atom. The van der Waals surface area contributed by atoms with Gasteiger partial charge in [0.1, 0.15) is 0 Å². The minimum absolute atomic E-state index is 0.0428. The molecule has 1 aromatic rings. The number of nitrogens with zero attached hydrogens (tertiary/aromatic N) is 2. The zero-order chi connectivity index (χ0) is 19.8. The third-order valence-corrected chi connectivity index (χ3v) is 6.37. The molecule has 29 heavy (non-hydrogen) atoms. The predicted octanol–water partition coefficient (Wildman–Crippen LogP) is 2.31. The lowest BCUT2D eigenvalue weighted by molar-refractivity contribution is -0.140. The summed E-state index contributed by atoms with van der Waals surface area (Å²) in [5.74, 6) is 1.12. The summed E-state index contributed by atoms with van der Waals surface area (Å²) in [5, 5.41) is 0. The van der Waals surface area contributed by atoms with Crippen LogP contribution in [-0.4, -0.2) is 54.7 Å². The lowest BCUT2D eigenvalue weighted by Gasteiger charge is -2.38. The van der Waals surface area contributed by atoms with Crippen molar-refractivity contribution in [3.8, 4) is 11.5 Å². The van der Waals surface area contributed by atoms with Crippen LogP contribution in [0.4, 0.5) is 0 Å². The zero-order valence-electron chi connectivity index (χ0n) is 16.5. The van der Waals surface area contributed by atoms with Crippen molar-refractivity contribution in [2.75, 3.05) is 33.1 Å². The Hall–Kier alpha value is -2.54. The quantitative estimate of drug-likeness (QED) is 0.725. The first-order valence-electron chi connectivity index (χ1n) is 10.5. The third kappa shape index (κ3) is 3.48. The number of likely N-dealkylation sites (tertiary alicyclic amines) is 1. The van der Waals surface area contributed by atoms with Gasteiger partial charge in [0.25, 0.3) is 0 Å². The van der Waals surface area contributed by atoms with E-state index in [1.165, 1.54) is 10.6 Å². The van der Waals surface area contributed by atoms with Gasteiger partial charge in [-0.25, -0.2) is 0 Å². The van der Waals surface area contributed by atoms with Crippen LogP contribution in [0, 0.1) is 11.8 Å². The molecule has 7 nitrogen and oxygen atoms in total. The molecule has 0 bridgehead atoms. The fourth-order valence-corrected chi connectivity index (χ4v) is 4.89. The van der Waals surface area contributed by atoms with Crippen molar-refractivity contribution >= 4 is 11.8 Å². The molecule has 2 saturated heterocycles. The third-order valence-electron chi connectivity index (χ3n) is 6.37. The summed E-state index contributed by atoms with van der Waals surface area (Å²) in [4.78, 5) is 29.8. The Morgan fingerprint density at radius 1 is 1.03 bits per heavy atom. The Labute approximate surface area is 170 Å². The van der Waals surface area contributed by atoms with Crippen molar-refractivity contribution < 1.29 is 23.8 Å². The Kier molecular flexibility index (Phi) is 4.91. The van der Waals surface area contributed by atoms with Crippen molar-refractivity contribution in [3.63, 3.8) is 0 Å². The van der Waals surface area contributed by atoms with Gasteiger partial charge in [-0.15, -0.1) is 0 Å². The number of carbonyl (C=O) groups excluding carboxylic acids is 2. The van der Waals surface area contributed by atoms with Crippen LogP contribution in [0.3, 0.4) is 0 Å². The SMILES string of the molecule is O=C1C[C@H]([C@H]2CCCC=C2N2CCOCC2)C(=O)N1Cc1ccc2c(c1)OCO2. The zero-order valence-corrected chi connectivity index (χ0v) is 16.5. The van der Waals surface area contributed by atoms with Gasteiger partial charge in [-0.1, -0.05) is 12.1 Å². The molecule has 5 rings (SSSR count). The molecule has 2 amide bonds. The summed E-state index contributed by atoms with van der Waals surface area (Å²) >= 11 is 0. The molecular formula is C22H26N2O5. The number of benzene rings is 1. The highest BCUT2D eigenvalue weighted by molar-refractivity contribution is 6.03. The summed E-state index contributed by atoms with van der Waals surface area (Å²) in [7, 11) is 0. The van der Waals surface area contributed by atoms with Gasteiger partial charge in [0.05, 0.1) is 25.7 Å². The van der Waals surface area contributed by atoms with Crippen molar-refractivity contribution in [1.29, 1.82) is 0 Å². The highest BCUT2D eigenvalue weighted by Gasteiger charge is 2.45. The first-order chi connectivity index (χ1) is 14.2. The summed E-state index contributed by atoms with van der Waals surface area (Å²) < 4.78 is 16.3. The van der Waals surface area contributed by atoms with Gasteiger partial charge < -0.3 is 19.1 Å². The second-order valence-electron chi connectivity index (χ2n) is 8.08. The average molecular weight is 398 g/mol. The van der Waals surface area contributed by atoms with Crippen molar-refractivity contribution in [1.82, 2.24) is 9.80 Å². The van der Waals surface area contributed by atoms with Gasteiger partial charge in [-0.2, -0.15) is 0 Å². The van der Waals surface area contributed by atoms with Crippen LogP contribution in [0.25, 0.3) is 0 Å². The number of allylic oxidation sites excluding steroid dienone is 2. The van der Waals surface area contributed by atoms with E-state index in [-0.39, 0.29) is 37.0 Å². The fourth-order valence-electron chi connectivity index (χ4n) is 4.89. The molecule has 4 aliphatic rings. The largest absolute Gasteiger partial charge is 0.454 e. The number of morpholine rings is 1. The smallest absolute Gasteiger partial charge is 0.233 e. The molecule has 2 fully saturated rings. The lowest BCUT2D eigenvalue weighted by Crippen LogP contribution is -2.41. The van der Waals surface area contributed by atoms with Gasteiger partial charge in [0.2, 0.25) is 18.6 Å². The number of carbonyl (C=O) groups is 2. The Morgan fingerprint density at radius 3 is 2.72 bits per heavy atom. The minimum atomic E-state index is -0.258. The van der Waals surface area contributed by atoms with Crippen LogP contribution in [0.15, 0.2) is 30.0 Å². The van der Waals surface area contributed by atoms with E-state index in [4.69, 9.17) is 14.2 Å². The summed E-state index contributed by atoms with van der Waals surface area (Å²) in [5.41, 5.74) is 2.12. The molecule has 1 aromatic carbocycles. The van der Waals surface area contributed by atoms with E-state index in [0.29, 0.717) is 17.9 Å². The highest BCUT2D eigenvalue weighted by Crippen LogP contribution is 2.40. The van der Waals surface area contributed by atoms with E-state index >= 15 is 0 Å². The molecule has 0 N–H and O–H groups in total. The first kappa shape index (κ1) is 18.5. The van der Waals surface area contributed by atoms with E-state index in [1.807, 2.05) is 18.2 Å². The van der Waals surface area contributed by atoms with Crippen LogP contribution in [0.1, 0.15) is 31.2 Å². The number of imide groups is 1. The Balaban J connectivity index is 1.33. The molecule has 0 radical (unpaired) electrons. The molecule has 1 aliphatic carbocycles. The number of rotatable bonds is 4. The van der Waals surface area contributed by atoms with Crippen molar-refractivity contribution in [2.24, 2.45) is 11.8 Å². The minimum Gasteiger partial charge on any atom is -0.454 e. The second kappa shape index (κ2) is 7.71. The molecule has 3 aliphatic heterocycles. The predicted molar refractivity (Wildman–Crippen MR) is 104 cm³/mol. The van der Waals surface area contributed by atoms with E-state index < -0.39 is 0 Å². The maximum absolute atomic E-state index is 13.3. The summed E-state index contributed by atoms with van der Waals surface area (Å²) in [6.45, 7) is 3.65. The van der Waals surface area contributed by atoms with Crippen LogP contribution in [0.2, 0.25) is 0 Å². The molecule has 154 valence electrons. The van der Waals surface area contributed by atoms with Gasteiger partial charge in [-0.05, 0) is 37.0 Å². The van der Waals surface area contributed by atoms with Crippen LogP contribution in [0.5, 0.6) is 11.5 Å². The average Bonchev–Trinajstić information content (AvgIpc) is 3.34. The first-order valence-corrected chi connectivity index (χ1v) is 10.5. The van der Waals surface area contributed by atoms with E-state index in [1.54, 1.807) is 0 Å². The number of hydrogen-bond donors (Lipinski definition) is 0. The van der Waals surface area contributed by atoms with E-state index in [2.05, 4.69) is 11.0 Å². The molecule has 2 atom stereocenters. The number of fused-ring (bicyclic) bond motifs is 1. The highest BCUT2D eigenvalue weighted by atomic mass is 16.7. The maximum Gasteiger partial charge on any atom is 0.233 e. The van der Waals surface area contributed by atoms with Gasteiger partial charge >= 0.3 is 0 Å². The van der Waals surface area contributed by atoms with E-state index in [0.717, 1.165) is 51.1 Å². The molecule has 0 aromatic heterocycles. The Bertz CT molecular complexity index is 846. The van der Waals surface area contributed by atoms with Gasteiger partial charge in [-0.3, -0.25) is 14.5 Å². The molecule has 0 spiro atoms. The number of ether oxygens (including phenoxy) is 3. The van der Waals surface area contributed by atoms with Gasteiger partial charge in [0, 0.05) is 31.1 Å². The molecule has 7 heteroatoms. The van der Waals surface area contributed by atoms with Crippen LogP contribution < -0.4 is 9.47 Å². The normalized spacial score (nSPS) is 26.8. The molecule has 3 heterocycles. The number of hydrogen-bond acceptors (Lipinski definition) is 6. The molecule has 0 saturated carbocycles. The standard InChI is InChI=1S/C22H26N2O5/c25-21-12-17(16-3-1-2-4-18(16)23-7-9-27-10-8-23)22(26)24(21)13-15-5-6-19-20(11-15)29-14-28-19/h4-6,11,16-17H,1-3,7-10,12-14H2/t16-,17-/m1/s1. The summed E-state index contributed by atoms with van der Waals surface area (Å²) in [6, 6.07) is 5.58. The lowest BCUT2D eigenvalue weighted by atomic mass is 9.80. The maximum atomic E-state index is 13.3. The monoisotopic (exact) mass is 398 g/mol. The second-order valence-corrected chi connectivity index (χ2v) is 8.08. The van der Waals surface area contributed by atoms with Crippen LogP contribution >= 0.6 is 0 Å². The topological polar surface area (TPSA) is 68.3 Å². The van der Waals surface area contributed by atoms with Gasteiger partial charge in [0.15, 0.2) is 11.5 Å². The fraction of sp³-hybridized carbons (Fsp3) is 0.545. The van der Waals surface area contributed by atoms with Crippen LogP contribution in [-0.2, 0) is 20.9 Å². The van der Waals surface area contributed by atoms with Crippen molar-refractivity contribution in [3.05, 3.63) is 35.5 Å².